The smallest absolute Gasteiger partial charge is 0.172 e. The lowest BCUT2D eigenvalue weighted by Crippen LogP contribution is -2.51. The van der Waals surface area contributed by atoms with E-state index in [2.05, 4.69) is 43.3 Å². The predicted octanol–water partition coefficient (Wildman–Crippen LogP) is 5.05. The van der Waals surface area contributed by atoms with Gasteiger partial charge in [-0.3, -0.25) is 4.79 Å². The van der Waals surface area contributed by atoms with Gasteiger partial charge in [0, 0.05) is 18.3 Å². The Hall–Kier alpha value is -1.91. The van der Waals surface area contributed by atoms with Crippen molar-refractivity contribution < 1.29 is 19.0 Å². The van der Waals surface area contributed by atoms with Crippen LogP contribution in [0.1, 0.15) is 50.5 Å². The molecule has 1 aromatic carbocycles. The fourth-order valence-corrected chi connectivity index (χ4v) is 7.60. The van der Waals surface area contributed by atoms with Gasteiger partial charge in [0.05, 0.1) is 20.3 Å². The van der Waals surface area contributed by atoms with E-state index < -0.39 is 0 Å². The summed E-state index contributed by atoms with van der Waals surface area (Å²) in [5.74, 6) is 3.19. The number of allylic oxidation sites excluding steroid dienone is 3. The third kappa shape index (κ3) is 2.91. The average molecular weight is 421 g/mol. The molecule has 0 amide bonds. The minimum atomic E-state index is -0.378. The SMILES string of the molecule is COc1ccc([C@H]2C[C@]3(C)C(=O)C=C[C@@H]3[C@@H]3CC=C4CC5(CC[C@@H]4[C@H]32)OCCO5)cc1. The predicted molar refractivity (Wildman–Crippen MR) is 118 cm³/mol. The van der Waals surface area contributed by atoms with Crippen molar-refractivity contribution >= 4 is 5.78 Å². The van der Waals surface area contributed by atoms with Crippen LogP contribution in [0.3, 0.4) is 0 Å². The largest absolute Gasteiger partial charge is 0.497 e. The Kier molecular flexibility index (Phi) is 4.49. The van der Waals surface area contributed by atoms with Crippen molar-refractivity contribution in [3.63, 3.8) is 0 Å². The Bertz CT molecular complexity index is 938. The number of methoxy groups -OCH3 is 1. The highest BCUT2D eigenvalue weighted by atomic mass is 16.7. The van der Waals surface area contributed by atoms with Crippen molar-refractivity contribution in [1.29, 1.82) is 0 Å². The summed E-state index contributed by atoms with van der Waals surface area (Å²) in [6.45, 7) is 3.64. The summed E-state index contributed by atoms with van der Waals surface area (Å²) >= 11 is 0. The summed E-state index contributed by atoms with van der Waals surface area (Å²) in [5.41, 5.74) is 2.61. The normalized spacial score (nSPS) is 40.3. The van der Waals surface area contributed by atoms with E-state index in [1.165, 1.54) is 11.1 Å². The molecule has 4 nitrogen and oxygen atoms in total. The topological polar surface area (TPSA) is 44.8 Å². The van der Waals surface area contributed by atoms with Crippen molar-refractivity contribution in [1.82, 2.24) is 0 Å². The van der Waals surface area contributed by atoms with Crippen molar-refractivity contribution in [2.75, 3.05) is 20.3 Å². The molecule has 1 spiro atoms. The highest BCUT2D eigenvalue weighted by Gasteiger charge is 2.58. The lowest BCUT2D eigenvalue weighted by Gasteiger charge is -2.56. The van der Waals surface area contributed by atoms with Crippen LogP contribution >= 0.6 is 0 Å². The summed E-state index contributed by atoms with van der Waals surface area (Å²) in [6, 6.07) is 8.59. The Morgan fingerprint density at radius 3 is 2.61 bits per heavy atom. The molecule has 1 aromatic rings. The number of carbonyl (C=O) groups excluding carboxylic acids is 1. The number of carbonyl (C=O) groups is 1. The van der Waals surface area contributed by atoms with Crippen LogP contribution in [0.4, 0.5) is 0 Å². The van der Waals surface area contributed by atoms with Gasteiger partial charge in [-0.1, -0.05) is 36.8 Å². The van der Waals surface area contributed by atoms with Gasteiger partial charge in [0.25, 0.3) is 0 Å². The molecule has 1 aliphatic heterocycles. The van der Waals surface area contributed by atoms with Crippen molar-refractivity contribution in [3.8, 4) is 5.75 Å². The van der Waals surface area contributed by atoms with E-state index in [1.54, 1.807) is 7.11 Å². The van der Waals surface area contributed by atoms with Gasteiger partial charge in [0.1, 0.15) is 5.75 Å². The molecule has 31 heavy (non-hydrogen) atoms. The van der Waals surface area contributed by atoms with Crippen molar-refractivity contribution in [2.45, 2.75) is 50.7 Å². The van der Waals surface area contributed by atoms with Crippen LogP contribution in [-0.4, -0.2) is 31.9 Å². The van der Waals surface area contributed by atoms with Crippen LogP contribution in [0.15, 0.2) is 48.1 Å². The molecule has 6 rings (SSSR count). The first-order valence-electron chi connectivity index (χ1n) is 11.9. The fraction of sp³-hybridized carbons (Fsp3) is 0.593. The van der Waals surface area contributed by atoms with E-state index in [9.17, 15) is 4.79 Å². The standard InChI is InChI=1S/C27H32O4/c1-26-16-22(17-3-6-19(29-2)7-4-17)25-20-11-12-27(30-13-14-31-27)15-18(20)5-8-21(25)23(26)9-10-24(26)28/h3-7,9-10,20-23,25H,8,11-16H2,1-2H3/t20-,21-,22+,23+,25+,26-/m0/s1. The quantitative estimate of drug-likeness (QED) is 0.628. The summed E-state index contributed by atoms with van der Waals surface area (Å²) in [7, 11) is 1.71. The number of hydrogen-bond acceptors (Lipinski definition) is 4. The molecule has 0 N–H and O–H groups in total. The maximum Gasteiger partial charge on any atom is 0.172 e. The molecular weight excluding hydrogens is 388 g/mol. The van der Waals surface area contributed by atoms with Gasteiger partial charge in [0.2, 0.25) is 0 Å². The fourth-order valence-electron chi connectivity index (χ4n) is 7.60. The second-order valence-electron chi connectivity index (χ2n) is 10.4. The average Bonchev–Trinajstić information content (AvgIpc) is 3.37. The number of ether oxygens (including phenoxy) is 3. The second kappa shape index (κ2) is 7.05. The van der Waals surface area contributed by atoms with Gasteiger partial charge in [-0.05, 0) is 72.6 Å². The molecule has 1 heterocycles. The minimum Gasteiger partial charge on any atom is -0.497 e. The molecule has 2 saturated carbocycles. The molecule has 0 bridgehead atoms. The Labute approximate surface area is 184 Å². The van der Waals surface area contributed by atoms with E-state index in [1.807, 2.05) is 6.08 Å². The monoisotopic (exact) mass is 420 g/mol. The van der Waals surface area contributed by atoms with E-state index in [4.69, 9.17) is 14.2 Å². The van der Waals surface area contributed by atoms with Crippen LogP contribution in [0.5, 0.6) is 5.75 Å². The zero-order valence-electron chi connectivity index (χ0n) is 18.5. The Balaban J connectivity index is 1.39. The first kappa shape index (κ1) is 19.8. The lowest BCUT2D eigenvalue weighted by molar-refractivity contribution is -0.176. The maximum atomic E-state index is 13.0. The van der Waals surface area contributed by atoms with E-state index >= 15 is 0 Å². The molecule has 4 heteroatoms. The number of ketones is 1. The summed E-state index contributed by atoms with van der Waals surface area (Å²) in [4.78, 5) is 13.0. The molecule has 0 radical (unpaired) electrons. The first-order chi connectivity index (χ1) is 15.0. The van der Waals surface area contributed by atoms with E-state index in [0.29, 0.717) is 48.6 Å². The second-order valence-corrected chi connectivity index (χ2v) is 10.4. The van der Waals surface area contributed by atoms with E-state index in [-0.39, 0.29) is 11.2 Å². The maximum absolute atomic E-state index is 13.0. The van der Waals surface area contributed by atoms with Crippen LogP contribution in [0, 0.1) is 29.1 Å². The van der Waals surface area contributed by atoms with Gasteiger partial charge in [-0.2, -0.15) is 0 Å². The summed E-state index contributed by atoms with van der Waals surface area (Å²) < 4.78 is 17.5. The molecule has 6 atom stereocenters. The third-order valence-corrected chi connectivity index (χ3v) is 9.08. The third-order valence-electron chi connectivity index (χ3n) is 9.08. The van der Waals surface area contributed by atoms with Gasteiger partial charge < -0.3 is 14.2 Å². The van der Waals surface area contributed by atoms with Gasteiger partial charge in [-0.25, -0.2) is 0 Å². The molecule has 3 fully saturated rings. The van der Waals surface area contributed by atoms with Gasteiger partial charge >= 0.3 is 0 Å². The highest BCUT2D eigenvalue weighted by Crippen LogP contribution is 2.63. The molecule has 0 unspecified atom stereocenters. The number of benzene rings is 1. The first-order valence-corrected chi connectivity index (χ1v) is 11.9. The minimum absolute atomic E-state index is 0.273. The summed E-state index contributed by atoms with van der Waals surface area (Å²) in [6.07, 6.45) is 11.6. The zero-order valence-corrected chi connectivity index (χ0v) is 18.5. The van der Waals surface area contributed by atoms with E-state index in [0.717, 1.165) is 37.9 Å². The van der Waals surface area contributed by atoms with Crippen LogP contribution < -0.4 is 4.74 Å². The van der Waals surface area contributed by atoms with Crippen molar-refractivity contribution in [3.05, 3.63) is 53.6 Å². The molecule has 5 aliphatic rings. The molecule has 1 saturated heterocycles. The molecule has 164 valence electrons. The molecular formula is C27H32O4. The van der Waals surface area contributed by atoms with Crippen LogP contribution in [0.2, 0.25) is 0 Å². The Morgan fingerprint density at radius 1 is 1.10 bits per heavy atom. The van der Waals surface area contributed by atoms with Crippen LogP contribution in [0.25, 0.3) is 0 Å². The number of hydrogen-bond donors (Lipinski definition) is 0. The number of rotatable bonds is 2. The summed E-state index contributed by atoms with van der Waals surface area (Å²) in [5, 5.41) is 0. The van der Waals surface area contributed by atoms with Crippen LogP contribution in [-0.2, 0) is 14.3 Å². The lowest BCUT2D eigenvalue weighted by atomic mass is 9.48. The van der Waals surface area contributed by atoms with Gasteiger partial charge in [-0.15, -0.1) is 0 Å². The van der Waals surface area contributed by atoms with Crippen molar-refractivity contribution in [2.24, 2.45) is 29.1 Å². The highest BCUT2D eigenvalue weighted by molar-refractivity contribution is 5.97. The number of fused-ring (bicyclic) bond motifs is 5. The molecule has 0 aromatic heterocycles. The molecule has 4 aliphatic carbocycles. The Morgan fingerprint density at radius 2 is 1.87 bits per heavy atom. The van der Waals surface area contributed by atoms with Gasteiger partial charge in [0.15, 0.2) is 11.6 Å². The zero-order chi connectivity index (χ0) is 21.2.